The van der Waals surface area contributed by atoms with E-state index >= 15 is 0 Å². The highest BCUT2D eigenvalue weighted by Gasteiger charge is 2.22. The summed E-state index contributed by atoms with van der Waals surface area (Å²) >= 11 is 0. The second-order valence-corrected chi connectivity index (χ2v) is 7.39. The highest BCUT2D eigenvalue weighted by Crippen LogP contribution is 2.35. The number of aliphatic imine (C=N–C) groups is 1. The lowest BCUT2D eigenvalue weighted by Gasteiger charge is -2.26. The number of nitrogens with one attached hydrogen (secondary N) is 2. The van der Waals surface area contributed by atoms with Gasteiger partial charge in [-0.1, -0.05) is 6.42 Å². The van der Waals surface area contributed by atoms with Crippen LogP contribution in [-0.2, 0) is 13.0 Å². The van der Waals surface area contributed by atoms with Gasteiger partial charge in [0.25, 0.3) is 0 Å². The van der Waals surface area contributed by atoms with Gasteiger partial charge in [0, 0.05) is 44.2 Å². The molecule has 1 aromatic rings. The highest BCUT2D eigenvalue weighted by atomic mass is 127. The van der Waals surface area contributed by atoms with Crippen LogP contribution in [0.3, 0.4) is 0 Å². The zero-order valence-corrected chi connectivity index (χ0v) is 19.8. The fourth-order valence-electron chi connectivity index (χ4n) is 3.82. The van der Waals surface area contributed by atoms with Crippen LogP contribution < -0.4 is 20.1 Å². The molecule has 6 nitrogen and oxygen atoms in total. The molecule has 0 aliphatic carbocycles. The van der Waals surface area contributed by atoms with Gasteiger partial charge in [-0.2, -0.15) is 0 Å². The van der Waals surface area contributed by atoms with Gasteiger partial charge in [0.1, 0.15) is 17.6 Å². The standard InChI is InChI=1S/C21H34N4O2.HI/c1-4-26-19-13-17-12-16(2)27-20(17)14-18(19)15-24-21(22-3)23-8-11-25-9-6-5-7-10-25;/h13-14,16H,4-12,15H2,1-3H3,(H2,22,23,24);1H. The molecule has 1 aromatic carbocycles. The van der Waals surface area contributed by atoms with Crippen LogP contribution >= 0.6 is 24.0 Å². The summed E-state index contributed by atoms with van der Waals surface area (Å²) in [5.74, 6) is 2.74. The summed E-state index contributed by atoms with van der Waals surface area (Å²) in [6.45, 7) is 9.85. The number of piperidine rings is 1. The molecular formula is C21H35IN4O2. The van der Waals surface area contributed by atoms with E-state index in [4.69, 9.17) is 9.47 Å². The first-order valence-electron chi connectivity index (χ1n) is 10.3. The van der Waals surface area contributed by atoms with Crippen molar-refractivity contribution in [3.8, 4) is 11.5 Å². The monoisotopic (exact) mass is 502 g/mol. The minimum absolute atomic E-state index is 0. The number of ether oxygens (including phenoxy) is 2. The minimum Gasteiger partial charge on any atom is -0.494 e. The summed E-state index contributed by atoms with van der Waals surface area (Å²) in [5.41, 5.74) is 2.34. The van der Waals surface area contributed by atoms with Gasteiger partial charge in [0.2, 0.25) is 0 Å². The number of likely N-dealkylation sites (tertiary alicyclic amines) is 1. The number of fused-ring (bicyclic) bond motifs is 1. The third-order valence-corrected chi connectivity index (χ3v) is 5.22. The number of halogens is 1. The Hall–Kier alpha value is -1.22. The number of rotatable bonds is 7. The Morgan fingerprint density at radius 1 is 1.25 bits per heavy atom. The molecule has 158 valence electrons. The molecule has 2 aliphatic heterocycles. The quantitative estimate of drug-likeness (QED) is 0.341. The topological polar surface area (TPSA) is 58.1 Å². The van der Waals surface area contributed by atoms with Gasteiger partial charge >= 0.3 is 0 Å². The number of guanidine groups is 1. The summed E-state index contributed by atoms with van der Waals surface area (Å²) in [6, 6.07) is 4.24. The molecule has 2 N–H and O–H groups in total. The summed E-state index contributed by atoms with van der Waals surface area (Å²) in [5, 5.41) is 6.83. The number of hydrogen-bond donors (Lipinski definition) is 2. The van der Waals surface area contributed by atoms with Crippen molar-refractivity contribution in [3.63, 3.8) is 0 Å². The first-order valence-corrected chi connectivity index (χ1v) is 10.3. The van der Waals surface area contributed by atoms with E-state index in [9.17, 15) is 0 Å². The van der Waals surface area contributed by atoms with E-state index in [1.165, 1.54) is 37.9 Å². The largest absolute Gasteiger partial charge is 0.494 e. The molecule has 0 amide bonds. The molecule has 0 saturated carbocycles. The van der Waals surface area contributed by atoms with Crippen LogP contribution in [0.1, 0.15) is 44.2 Å². The predicted molar refractivity (Wildman–Crippen MR) is 125 cm³/mol. The molecule has 28 heavy (non-hydrogen) atoms. The molecule has 0 spiro atoms. The smallest absolute Gasteiger partial charge is 0.191 e. The third kappa shape index (κ3) is 6.40. The van der Waals surface area contributed by atoms with Crippen LogP contribution in [0.25, 0.3) is 0 Å². The molecule has 0 aromatic heterocycles. The van der Waals surface area contributed by atoms with Crippen LogP contribution in [0.5, 0.6) is 11.5 Å². The zero-order chi connectivity index (χ0) is 19.1. The first kappa shape index (κ1) is 23.1. The van der Waals surface area contributed by atoms with Crippen molar-refractivity contribution in [2.75, 3.05) is 39.8 Å². The Labute approximate surface area is 186 Å². The van der Waals surface area contributed by atoms with Gasteiger partial charge in [-0.25, -0.2) is 0 Å². The van der Waals surface area contributed by atoms with E-state index in [0.717, 1.165) is 42.5 Å². The SMILES string of the molecule is CCOc1cc2c(cc1CNC(=NC)NCCN1CCCCC1)OC(C)C2.I. The number of nitrogens with zero attached hydrogens (tertiary/aromatic N) is 2. The van der Waals surface area contributed by atoms with Crippen LogP contribution in [0.15, 0.2) is 17.1 Å². The van der Waals surface area contributed by atoms with E-state index in [1.807, 2.05) is 14.0 Å². The van der Waals surface area contributed by atoms with Gasteiger partial charge < -0.3 is 25.0 Å². The van der Waals surface area contributed by atoms with Crippen LogP contribution in [-0.4, -0.2) is 56.8 Å². The predicted octanol–water partition coefficient (Wildman–Crippen LogP) is 3.18. The van der Waals surface area contributed by atoms with Gasteiger partial charge in [-0.05, 0) is 51.9 Å². The van der Waals surface area contributed by atoms with E-state index in [0.29, 0.717) is 13.2 Å². The number of hydrogen-bond acceptors (Lipinski definition) is 4. The molecule has 1 saturated heterocycles. The maximum absolute atomic E-state index is 5.91. The highest BCUT2D eigenvalue weighted by molar-refractivity contribution is 14.0. The lowest BCUT2D eigenvalue weighted by Crippen LogP contribution is -2.42. The summed E-state index contributed by atoms with van der Waals surface area (Å²) in [6.07, 6.45) is 5.21. The van der Waals surface area contributed by atoms with Gasteiger partial charge in [-0.15, -0.1) is 24.0 Å². The van der Waals surface area contributed by atoms with E-state index < -0.39 is 0 Å². The van der Waals surface area contributed by atoms with Crippen molar-refractivity contribution in [2.24, 2.45) is 4.99 Å². The summed E-state index contributed by atoms with van der Waals surface area (Å²) in [7, 11) is 1.81. The van der Waals surface area contributed by atoms with Crippen LogP contribution in [0.4, 0.5) is 0 Å². The second-order valence-electron chi connectivity index (χ2n) is 7.39. The molecule has 2 heterocycles. The molecule has 1 atom stereocenters. The molecular weight excluding hydrogens is 467 g/mol. The van der Waals surface area contributed by atoms with Crippen molar-refractivity contribution in [1.82, 2.24) is 15.5 Å². The van der Waals surface area contributed by atoms with Gasteiger partial charge in [0.05, 0.1) is 6.61 Å². The third-order valence-electron chi connectivity index (χ3n) is 5.22. The maximum Gasteiger partial charge on any atom is 0.191 e. The average Bonchev–Trinajstić information content (AvgIpc) is 3.04. The Morgan fingerprint density at radius 3 is 2.75 bits per heavy atom. The van der Waals surface area contributed by atoms with Gasteiger partial charge in [0.15, 0.2) is 5.96 Å². The van der Waals surface area contributed by atoms with E-state index in [2.05, 4.69) is 39.6 Å². The fourth-order valence-corrected chi connectivity index (χ4v) is 3.82. The van der Waals surface area contributed by atoms with Crippen LogP contribution in [0.2, 0.25) is 0 Å². The van der Waals surface area contributed by atoms with E-state index in [1.54, 1.807) is 0 Å². The second kappa shape index (κ2) is 11.7. The van der Waals surface area contributed by atoms with Crippen molar-refractivity contribution in [3.05, 3.63) is 23.3 Å². The maximum atomic E-state index is 5.91. The lowest BCUT2D eigenvalue weighted by molar-refractivity contribution is 0.232. The average molecular weight is 502 g/mol. The Morgan fingerprint density at radius 2 is 2.04 bits per heavy atom. The molecule has 7 heteroatoms. The van der Waals surface area contributed by atoms with Crippen molar-refractivity contribution >= 4 is 29.9 Å². The van der Waals surface area contributed by atoms with Gasteiger partial charge in [-0.3, -0.25) is 4.99 Å². The lowest BCUT2D eigenvalue weighted by atomic mass is 10.1. The molecule has 3 rings (SSSR count). The normalized spacial score (nSPS) is 19.4. The van der Waals surface area contributed by atoms with Crippen molar-refractivity contribution in [1.29, 1.82) is 0 Å². The molecule has 0 bridgehead atoms. The first-order chi connectivity index (χ1) is 13.2. The van der Waals surface area contributed by atoms with E-state index in [-0.39, 0.29) is 30.1 Å². The molecule has 1 fully saturated rings. The Kier molecular flexibility index (Phi) is 9.64. The molecule has 0 radical (unpaired) electrons. The van der Waals surface area contributed by atoms with Crippen molar-refractivity contribution in [2.45, 2.75) is 52.2 Å². The molecule has 1 unspecified atom stereocenters. The summed E-state index contributed by atoms with van der Waals surface area (Å²) < 4.78 is 11.8. The Bertz CT molecular complexity index is 648. The summed E-state index contributed by atoms with van der Waals surface area (Å²) in [4.78, 5) is 6.87. The van der Waals surface area contributed by atoms with Crippen molar-refractivity contribution < 1.29 is 9.47 Å². The van der Waals surface area contributed by atoms with Crippen LogP contribution in [0, 0.1) is 0 Å². The Balaban J connectivity index is 0.00000280. The zero-order valence-electron chi connectivity index (χ0n) is 17.4. The molecule has 2 aliphatic rings. The number of benzene rings is 1. The fraction of sp³-hybridized carbons (Fsp3) is 0.667. The minimum atomic E-state index is 0.